The van der Waals surface area contributed by atoms with E-state index in [1.54, 1.807) is 11.9 Å². The minimum Gasteiger partial charge on any atom is -0.456 e. The summed E-state index contributed by atoms with van der Waals surface area (Å²) < 4.78 is 30.2. The molecule has 2 rings (SSSR count). The Labute approximate surface area is 97.1 Å². The molecule has 2 atom stereocenters. The summed E-state index contributed by atoms with van der Waals surface area (Å²) in [5.74, 6) is -4.91. The summed E-state index contributed by atoms with van der Waals surface area (Å²) in [7, 11) is 1.69. The molecule has 0 bridgehead atoms. The highest BCUT2D eigenvalue weighted by molar-refractivity contribution is 5.83. The van der Waals surface area contributed by atoms with E-state index in [1.165, 1.54) is 0 Å². The summed E-state index contributed by atoms with van der Waals surface area (Å²) in [4.78, 5) is 23.8. The van der Waals surface area contributed by atoms with Crippen molar-refractivity contribution >= 4 is 11.9 Å². The minimum atomic E-state index is -3.39. The van der Waals surface area contributed by atoms with E-state index in [2.05, 4.69) is 10.1 Å². The van der Waals surface area contributed by atoms with Crippen LogP contribution in [0.4, 0.5) is 8.78 Å². The fraction of sp³-hybridized carbons (Fsp3) is 0.800. The third-order valence-electron chi connectivity index (χ3n) is 3.08. The number of amides is 1. The number of likely N-dealkylation sites (tertiary alicyclic amines) is 1. The van der Waals surface area contributed by atoms with Crippen molar-refractivity contribution in [1.82, 2.24) is 10.2 Å². The van der Waals surface area contributed by atoms with E-state index in [4.69, 9.17) is 0 Å². The van der Waals surface area contributed by atoms with Gasteiger partial charge in [-0.15, -0.1) is 0 Å². The van der Waals surface area contributed by atoms with Gasteiger partial charge >= 0.3 is 11.9 Å². The Bertz CT molecular complexity index is 348. The quantitative estimate of drug-likeness (QED) is 0.700. The summed E-state index contributed by atoms with van der Waals surface area (Å²) in [5.41, 5.74) is 0. The van der Waals surface area contributed by atoms with Gasteiger partial charge < -0.3 is 15.0 Å². The van der Waals surface area contributed by atoms with Gasteiger partial charge in [0.15, 0.2) is 0 Å². The van der Waals surface area contributed by atoms with Crippen LogP contribution in [-0.4, -0.2) is 55.0 Å². The van der Waals surface area contributed by atoms with E-state index in [0.29, 0.717) is 13.0 Å². The predicted molar refractivity (Wildman–Crippen MR) is 53.5 cm³/mol. The normalized spacial score (nSPS) is 32.1. The molecule has 2 fully saturated rings. The molecule has 0 aromatic heterocycles. The maximum Gasteiger partial charge on any atom is 0.377 e. The second-order valence-electron chi connectivity index (χ2n) is 4.45. The number of rotatable bonds is 3. The highest BCUT2D eigenvalue weighted by Crippen LogP contribution is 2.30. The van der Waals surface area contributed by atoms with Crippen LogP contribution < -0.4 is 5.32 Å². The molecule has 0 aliphatic carbocycles. The topological polar surface area (TPSA) is 58.6 Å². The first kappa shape index (κ1) is 12.2. The van der Waals surface area contributed by atoms with Crippen molar-refractivity contribution in [2.24, 2.45) is 0 Å². The molecule has 17 heavy (non-hydrogen) atoms. The van der Waals surface area contributed by atoms with Gasteiger partial charge in [-0.2, -0.15) is 8.78 Å². The summed E-state index contributed by atoms with van der Waals surface area (Å²) in [6, 6.07) is -0.354. The zero-order valence-electron chi connectivity index (χ0n) is 9.41. The van der Waals surface area contributed by atoms with E-state index >= 15 is 0 Å². The number of carbonyl (C=O) groups is 2. The fourth-order valence-corrected chi connectivity index (χ4v) is 2.05. The van der Waals surface area contributed by atoms with Crippen LogP contribution in [0.25, 0.3) is 0 Å². The molecule has 0 saturated carbocycles. The van der Waals surface area contributed by atoms with Crippen molar-refractivity contribution < 1.29 is 23.1 Å². The molecule has 0 aromatic rings. The monoisotopic (exact) mass is 248 g/mol. The van der Waals surface area contributed by atoms with Gasteiger partial charge in [0.25, 0.3) is 0 Å². The third kappa shape index (κ3) is 2.38. The number of ether oxygens (including phenoxy) is 1. The maximum absolute atomic E-state index is 12.8. The number of halogens is 2. The molecule has 0 aromatic carbocycles. The Kier molecular flexibility index (Phi) is 3.03. The lowest BCUT2D eigenvalue weighted by Gasteiger charge is -2.14. The lowest BCUT2D eigenvalue weighted by Crippen LogP contribution is -2.40. The molecule has 96 valence electrons. The van der Waals surface area contributed by atoms with E-state index in [0.717, 1.165) is 0 Å². The van der Waals surface area contributed by atoms with Crippen LogP contribution in [0.15, 0.2) is 0 Å². The van der Waals surface area contributed by atoms with Crippen LogP contribution in [-0.2, 0) is 14.3 Å². The average molecular weight is 248 g/mol. The molecular formula is C10H14F2N2O3. The van der Waals surface area contributed by atoms with Crippen LogP contribution in [0.3, 0.4) is 0 Å². The lowest BCUT2D eigenvalue weighted by atomic mass is 10.2. The molecular weight excluding hydrogens is 234 g/mol. The van der Waals surface area contributed by atoms with Crippen molar-refractivity contribution in [3.8, 4) is 0 Å². The zero-order chi connectivity index (χ0) is 12.6. The van der Waals surface area contributed by atoms with Gasteiger partial charge in [0.1, 0.15) is 6.10 Å². The highest BCUT2D eigenvalue weighted by Gasteiger charge is 2.50. The maximum atomic E-state index is 12.8. The predicted octanol–water partition coefficient (Wildman–Crippen LogP) is -0.243. The summed E-state index contributed by atoms with van der Waals surface area (Å²) in [5, 5.41) is 2.86. The number of likely N-dealkylation sites (N-methyl/N-ethyl adjacent to an activating group) is 1. The van der Waals surface area contributed by atoms with Crippen LogP contribution >= 0.6 is 0 Å². The molecule has 1 N–H and O–H groups in total. The second-order valence-corrected chi connectivity index (χ2v) is 4.45. The number of alkyl halides is 2. The number of hydrogen-bond donors (Lipinski definition) is 1. The van der Waals surface area contributed by atoms with Gasteiger partial charge in [-0.05, 0) is 6.42 Å². The van der Waals surface area contributed by atoms with Gasteiger partial charge in [0, 0.05) is 20.1 Å². The van der Waals surface area contributed by atoms with Crippen LogP contribution in [0.2, 0.25) is 0 Å². The molecule has 0 spiro atoms. The van der Waals surface area contributed by atoms with Crippen molar-refractivity contribution in [3.05, 3.63) is 0 Å². The van der Waals surface area contributed by atoms with Gasteiger partial charge in [-0.25, -0.2) is 4.79 Å². The Morgan fingerprint density at radius 2 is 2.24 bits per heavy atom. The van der Waals surface area contributed by atoms with Gasteiger partial charge in [0.2, 0.25) is 5.91 Å². The van der Waals surface area contributed by atoms with Crippen molar-refractivity contribution in [2.45, 2.75) is 30.9 Å². The molecule has 2 aliphatic rings. The first-order valence-corrected chi connectivity index (χ1v) is 5.47. The summed E-state index contributed by atoms with van der Waals surface area (Å²) >= 11 is 0. The standard InChI is InChI=1S/C10H14F2N2O3/c1-14-3-2-7(8(14)15)13-5-6-4-10(11,12)9(16)17-6/h6-7,13H,2-5H2,1H3. The molecule has 2 unspecified atom stereocenters. The molecule has 5 nitrogen and oxygen atoms in total. The Morgan fingerprint density at radius 3 is 2.71 bits per heavy atom. The average Bonchev–Trinajstić information content (AvgIpc) is 2.68. The van der Waals surface area contributed by atoms with Gasteiger partial charge in [-0.1, -0.05) is 0 Å². The van der Waals surface area contributed by atoms with E-state index in [9.17, 15) is 18.4 Å². The summed E-state index contributed by atoms with van der Waals surface area (Å²) in [6.45, 7) is 0.739. The fourth-order valence-electron chi connectivity index (χ4n) is 2.05. The first-order valence-electron chi connectivity index (χ1n) is 5.47. The van der Waals surface area contributed by atoms with Gasteiger partial charge in [0.05, 0.1) is 12.5 Å². The van der Waals surface area contributed by atoms with E-state index in [-0.39, 0.29) is 18.5 Å². The number of nitrogens with one attached hydrogen (secondary N) is 1. The summed E-state index contributed by atoms with van der Waals surface area (Å²) in [6.07, 6.45) is -0.821. The van der Waals surface area contributed by atoms with E-state index < -0.39 is 24.4 Å². The first-order chi connectivity index (χ1) is 7.90. The lowest BCUT2D eigenvalue weighted by molar-refractivity contribution is -0.159. The highest BCUT2D eigenvalue weighted by atomic mass is 19.3. The Balaban J connectivity index is 1.81. The number of carbonyl (C=O) groups excluding carboxylic acids is 2. The zero-order valence-corrected chi connectivity index (χ0v) is 9.41. The molecule has 1 amide bonds. The number of hydrogen-bond acceptors (Lipinski definition) is 4. The van der Waals surface area contributed by atoms with Crippen LogP contribution in [0.1, 0.15) is 12.8 Å². The largest absolute Gasteiger partial charge is 0.456 e. The van der Waals surface area contributed by atoms with Crippen molar-refractivity contribution in [1.29, 1.82) is 0 Å². The van der Waals surface area contributed by atoms with Crippen molar-refractivity contribution in [2.75, 3.05) is 20.1 Å². The molecule has 2 aliphatic heterocycles. The smallest absolute Gasteiger partial charge is 0.377 e. The molecule has 0 radical (unpaired) electrons. The SMILES string of the molecule is CN1CCC(NCC2CC(F)(F)C(=O)O2)C1=O. The molecule has 2 heterocycles. The van der Waals surface area contributed by atoms with E-state index in [1.807, 2.05) is 0 Å². The second kappa shape index (κ2) is 4.21. The molecule has 7 heteroatoms. The molecule has 2 saturated heterocycles. The number of nitrogens with zero attached hydrogens (tertiary/aromatic N) is 1. The number of esters is 1. The van der Waals surface area contributed by atoms with Crippen LogP contribution in [0, 0.1) is 0 Å². The Hall–Kier alpha value is -1.24. The number of cyclic esters (lactones) is 1. The van der Waals surface area contributed by atoms with Crippen molar-refractivity contribution in [3.63, 3.8) is 0 Å². The van der Waals surface area contributed by atoms with Crippen LogP contribution in [0.5, 0.6) is 0 Å². The minimum absolute atomic E-state index is 0.0546. The third-order valence-corrected chi connectivity index (χ3v) is 3.08. The van der Waals surface area contributed by atoms with Gasteiger partial charge in [-0.3, -0.25) is 4.79 Å². The Morgan fingerprint density at radius 1 is 1.53 bits per heavy atom.